The fourth-order valence-corrected chi connectivity index (χ4v) is 3.78. The van der Waals surface area contributed by atoms with Gasteiger partial charge < -0.3 is 20.7 Å². The highest BCUT2D eigenvalue weighted by Gasteiger charge is 2.43. The molecule has 0 unspecified atom stereocenters. The molecule has 1 aromatic rings. The van der Waals surface area contributed by atoms with Crippen molar-refractivity contribution in [2.75, 3.05) is 30.0 Å². The lowest BCUT2D eigenvalue weighted by atomic mass is 10.1. The molecule has 0 bridgehead atoms. The van der Waals surface area contributed by atoms with Crippen LogP contribution in [0.1, 0.15) is 25.7 Å². The van der Waals surface area contributed by atoms with Crippen LogP contribution in [0.15, 0.2) is 24.3 Å². The molecule has 3 amide bonds. The number of amides is 3. The van der Waals surface area contributed by atoms with Crippen LogP contribution in [0.4, 0.5) is 11.4 Å². The van der Waals surface area contributed by atoms with Crippen LogP contribution in [0.2, 0.25) is 0 Å². The van der Waals surface area contributed by atoms with Gasteiger partial charge in [0.1, 0.15) is 6.61 Å². The summed E-state index contributed by atoms with van der Waals surface area (Å²) in [6, 6.07) is 6.11. The molecule has 8 heteroatoms. The molecule has 2 aliphatic carbocycles. The maximum absolute atomic E-state index is 12.7. The minimum absolute atomic E-state index is 0.0770. The summed E-state index contributed by atoms with van der Waals surface area (Å²) in [5.41, 5.74) is 6.80. The first kappa shape index (κ1) is 18.9. The zero-order chi connectivity index (χ0) is 19.7. The summed E-state index contributed by atoms with van der Waals surface area (Å²) in [5.74, 6) is -0.111. The predicted octanol–water partition coefficient (Wildman–Crippen LogP) is 0.620. The highest BCUT2D eigenvalue weighted by molar-refractivity contribution is 6.09. The van der Waals surface area contributed by atoms with Crippen LogP contribution in [0.25, 0.3) is 0 Å². The van der Waals surface area contributed by atoms with Crippen molar-refractivity contribution in [2.24, 2.45) is 17.6 Å². The van der Waals surface area contributed by atoms with Crippen LogP contribution in [-0.4, -0.2) is 49.6 Å². The van der Waals surface area contributed by atoms with Gasteiger partial charge in [-0.1, -0.05) is 0 Å². The van der Waals surface area contributed by atoms with Crippen molar-refractivity contribution in [3.05, 3.63) is 24.3 Å². The fourth-order valence-electron chi connectivity index (χ4n) is 3.78. The van der Waals surface area contributed by atoms with E-state index in [1.165, 1.54) is 0 Å². The molecule has 4 N–H and O–H groups in total. The third kappa shape index (κ3) is 4.34. The molecule has 2 saturated carbocycles. The Kier molecular flexibility index (Phi) is 5.32. The SMILES string of the molecule is NC(=O)[C@@H](NC(C1CC1)C1CC1)C(=O)Nc1ccc(N2CCOCC2=O)cc1. The number of nitrogens with one attached hydrogen (secondary N) is 2. The summed E-state index contributed by atoms with van der Waals surface area (Å²) < 4.78 is 5.13. The van der Waals surface area contributed by atoms with E-state index < -0.39 is 17.9 Å². The van der Waals surface area contributed by atoms with E-state index in [1.807, 2.05) is 0 Å². The predicted molar refractivity (Wildman–Crippen MR) is 104 cm³/mol. The van der Waals surface area contributed by atoms with Gasteiger partial charge in [0.05, 0.1) is 6.61 Å². The second kappa shape index (κ2) is 7.89. The van der Waals surface area contributed by atoms with Crippen LogP contribution >= 0.6 is 0 Å². The number of rotatable bonds is 8. The maximum Gasteiger partial charge on any atom is 0.253 e. The number of hydrogen-bond donors (Lipinski definition) is 3. The van der Waals surface area contributed by atoms with Crippen molar-refractivity contribution in [2.45, 2.75) is 37.8 Å². The first-order chi connectivity index (χ1) is 13.5. The van der Waals surface area contributed by atoms with E-state index in [-0.39, 0.29) is 18.6 Å². The molecule has 3 fully saturated rings. The lowest BCUT2D eigenvalue weighted by molar-refractivity contribution is -0.128. The third-order valence-electron chi connectivity index (χ3n) is 5.60. The van der Waals surface area contributed by atoms with E-state index in [0.29, 0.717) is 30.7 Å². The monoisotopic (exact) mass is 386 g/mol. The van der Waals surface area contributed by atoms with Crippen LogP contribution in [-0.2, 0) is 19.1 Å². The third-order valence-corrected chi connectivity index (χ3v) is 5.60. The van der Waals surface area contributed by atoms with Gasteiger partial charge in [-0.15, -0.1) is 0 Å². The van der Waals surface area contributed by atoms with Crippen LogP contribution in [0, 0.1) is 11.8 Å². The van der Waals surface area contributed by atoms with Crippen molar-refractivity contribution in [3.8, 4) is 0 Å². The lowest BCUT2D eigenvalue weighted by Crippen LogP contribution is -2.54. The van der Waals surface area contributed by atoms with Gasteiger partial charge in [-0.3, -0.25) is 19.7 Å². The Balaban J connectivity index is 1.39. The number of benzene rings is 1. The zero-order valence-corrected chi connectivity index (χ0v) is 15.7. The molecule has 1 heterocycles. The first-order valence-corrected chi connectivity index (χ1v) is 9.87. The zero-order valence-electron chi connectivity index (χ0n) is 15.7. The van der Waals surface area contributed by atoms with Crippen LogP contribution in [0.3, 0.4) is 0 Å². The number of carbonyl (C=O) groups excluding carboxylic acids is 3. The van der Waals surface area contributed by atoms with E-state index in [9.17, 15) is 14.4 Å². The first-order valence-electron chi connectivity index (χ1n) is 9.87. The number of nitrogens with zero attached hydrogens (tertiary/aromatic N) is 1. The van der Waals surface area contributed by atoms with Crippen molar-refractivity contribution in [1.82, 2.24) is 5.32 Å². The minimum atomic E-state index is -1.05. The molecule has 1 aromatic carbocycles. The quantitative estimate of drug-likeness (QED) is 0.567. The maximum atomic E-state index is 12.7. The number of primary amides is 1. The number of carbonyl (C=O) groups is 3. The molecule has 8 nitrogen and oxygen atoms in total. The van der Waals surface area contributed by atoms with E-state index in [0.717, 1.165) is 31.4 Å². The van der Waals surface area contributed by atoms with E-state index in [2.05, 4.69) is 10.6 Å². The standard InChI is InChI=1S/C20H26N4O4/c21-19(26)18(23-17(12-1-2-12)13-3-4-13)20(27)22-14-5-7-15(8-6-14)24-9-10-28-11-16(24)25/h5-8,12-13,17-18,23H,1-4,9-11H2,(H2,21,26)(H,22,27)/t18-/m1/s1. The second-order valence-electron chi connectivity index (χ2n) is 7.84. The molecule has 150 valence electrons. The van der Waals surface area contributed by atoms with Gasteiger partial charge in [0.2, 0.25) is 5.91 Å². The fraction of sp³-hybridized carbons (Fsp3) is 0.550. The Labute approximate surface area is 163 Å². The Bertz CT molecular complexity index is 746. The Morgan fingerprint density at radius 1 is 1.11 bits per heavy atom. The molecule has 0 spiro atoms. The highest BCUT2D eigenvalue weighted by atomic mass is 16.5. The minimum Gasteiger partial charge on any atom is -0.370 e. The molecule has 1 aliphatic heterocycles. The number of morpholine rings is 1. The molecule has 0 radical (unpaired) electrons. The molecule has 1 saturated heterocycles. The van der Waals surface area contributed by atoms with Gasteiger partial charge in [-0.25, -0.2) is 0 Å². The van der Waals surface area contributed by atoms with E-state index in [1.54, 1.807) is 29.2 Å². The summed E-state index contributed by atoms with van der Waals surface area (Å²) in [4.78, 5) is 38.1. The number of anilines is 2. The van der Waals surface area contributed by atoms with Crippen LogP contribution in [0.5, 0.6) is 0 Å². The van der Waals surface area contributed by atoms with Crippen molar-refractivity contribution in [1.29, 1.82) is 0 Å². The van der Waals surface area contributed by atoms with Crippen molar-refractivity contribution in [3.63, 3.8) is 0 Å². The normalized spacial score (nSPS) is 20.9. The van der Waals surface area contributed by atoms with Crippen molar-refractivity contribution < 1.29 is 19.1 Å². The molecule has 4 rings (SSSR count). The number of ether oxygens (including phenoxy) is 1. The molecular weight excluding hydrogens is 360 g/mol. The molecule has 3 aliphatic rings. The van der Waals surface area contributed by atoms with Gasteiger partial charge in [0.25, 0.3) is 11.8 Å². The van der Waals surface area contributed by atoms with Gasteiger partial charge >= 0.3 is 0 Å². The average molecular weight is 386 g/mol. The number of hydrogen-bond acceptors (Lipinski definition) is 5. The molecule has 1 atom stereocenters. The van der Waals surface area contributed by atoms with Gasteiger partial charge in [-0.05, 0) is 61.8 Å². The van der Waals surface area contributed by atoms with E-state index in [4.69, 9.17) is 10.5 Å². The highest BCUT2D eigenvalue weighted by Crippen LogP contribution is 2.44. The molecule has 28 heavy (non-hydrogen) atoms. The van der Waals surface area contributed by atoms with Crippen molar-refractivity contribution >= 4 is 29.1 Å². The summed E-state index contributed by atoms with van der Waals surface area (Å²) in [7, 11) is 0. The number of nitrogens with two attached hydrogens (primary N) is 1. The summed E-state index contributed by atoms with van der Waals surface area (Å²) >= 11 is 0. The molecule has 0 aromatic heterocycles. The van der Waals surface area contributed by atoms with Crippen LogP contribution < -0.4 is 21.3 Å². The summed E-state index contributed by atoms with van der Waals surface area (Å²) in [6.45, 7) is 1.08. The summed E-state index contributed by atoms with van der Waals surface area (Å²) in [6.07, 6.45) is 4.57. The second-order valence-corrected chi connectivity index (χ2v) is 7.84. The van der Waals surface area contributed by atoms with E-state index >= 15 is 0 Å². The van der Waals surface area contributed by atoms with Gasteiger partial charge in [0, 0.05) is 24.0 Å². The Morgan fingerprint density at radius 3 is 2.29 bits per heavy atom. The smallest absolute Gasteiger partial charge is 0.253 e. The Morgan fingerprint density at radius 2 is 1.75 bits per heavy atom. The van der Waals surface area contributed by atoms with Gasteiger partial charge in [0.15, 0.2) is 6.04 Å². The average Bonchev–Trinajstić information content (AvgIpc) is 3.57. The molecular formula is C20H26N4O4. The Hall–Kier alpha value is -2.45. The lowest BCUT2D eigenvalue weighted by Gasteiger charge is -2.27. The topological polar surface area (TPSA) is 114 Å². The van der Waals surface area contributed by atoms with Gasteiger partial charge in [-0.2, -0.15) is 0 Å². The largest absolute Gasteiger partial charge is 0.370 e. The summed E-state index contributed by atoms with van der Waals surface area (Å²) in [5, 5.41) is 5.97.